The molecule has 1 aliphatic heterocycles. The van der Waals surface area contributed by atoms with Gasteiger partial charge in [-0.3, -0.25) is 14.7 Å². The second kappa shape index (κ2) is 11.0. The number of likely N-dealkylation sites (tertiary alicyclic amines) is 1. The number of rotatable bonds is 8. The molecule has 0 aromatic carbocycles. The van der Waals surface area contributed by atoms with E-state index in [4.69, 9.17) is 0 Å². The van der Waals surface area contributed by atoms with Crippen LogP contribution in [0.25, 0.3) is 0 Å². The summed E-state index contributed by atoms with van der Waals surface area (Å²) >= 11 is 1.75. The van der Waals surface area contributed by atoms with Gasteiger partial charge in [-0.15, -0.1) is 0 Å². The minimum atomic E-state index is 0.270. The molecule has 6 nitrogen and oxygen atoms in total. The maximum absolute atomic E-state index is 12.7. The molecule has 1 aromatic rings. The van der Waals surface area contributed by atoms with Crippen molar-refractivity contribution in [3.05, 3.63) is 22.4 Å². The van der Waals surface area contributed by atoms with E-state index in [1.165, 1.54) is 18.4 Å². The summed E-state index contributed by atoms with van der Waals surface area (Å²) in [5.74, 6) is 1.47. The van der Waals surface area contributed by atoms with Crippen molar-refractivity contribution in [3.63, 3.8) is 0 Å². The molecule has 162 valence electrons. The molecule has 2 heterocycles. The van der Waals surface area contributed by atoms with Crippen molar-refractivity contribution in [2.75, 3.05) is 39.8 Å². The van der Waals surface area contributed by atoms with Gasteiger partial charge in [0.25, 0.3) is 0 Å². The van der Waals surface area contributed by atoms with Crippen LogP contribution >= 0.6 is 11.3 Å². The number of guanidine groups is 1. The molecular formula is C22H37N5OS. The highest BCUT2D eigenvalue weighted by Gasteiger charge is 2.32. The zero-order valence-electron chi connectivity index (χ0n) is 18.2. The monoisotopic (exact) mass is 419 g/mol. The number of aliphatic imine (C=N–C) groups is 1. The second-order valence-electron chi connectivity index (χ2n) is 8.14. The molecule has 2 aliphatic rings. The average Bonchev–Trinajstić information content (AvgIpc) is 3.51. The van der Waals surface area contributed by atoms with E-state index in [0.717, 1.165) is 57.9 Å². The Labute approximate surface area is 179 Å². The molecule has 2 fully saturated rings. The van der Waals surface area contributed by atoms with Crippen LogP contribution in [-0.2, 0) is 4.79 Å². The third-order valence-electron chi connectivity index (χ3n) is 6.41. The molecule has 0 bridgehead atoms. The number of amides is 1. The van der Waals surface area contributed by atoms with Crippen LogP contribution in [0.15, 0.2) is 21.8 Å². The van der Waals surface area contributed by atoms with Crippen LogP contribution < -0.4 is 10.6 Å². The first kappa shape index (κ1) is 22.1. The standard InChI is InChI=1S/C22H37N5OS/c1-4-26(5-2)20(18-11-13-29-16-18)14-24-22(23-3)25-19-10-12-27(15-19)21(28)17-8-6-7-9-17/h11,13,16-17,19-20H,4-10,12,14-15H2,1-3H3,(H2,23,24,25). The summed E-state index contributed by atoms with van der Waals surface area (Å²) in [6.07, 6.45) is 5.56. The minimum absolute atomic E-state index is 0.270. The van der Waals surface area contributed by atoms with Crippen LogP contribution in [0.1, 0.15) is 57.6 Å². The molecule has 1 aromatic heterocycles. The van der Waals surface area contributed by atoms with Crippen molar-refractivity contribution in [2.24, 2.45) is 10.9 Å². The molecule has 3 rings (SSSR count). The minimum Gasteiger partial charge on any atom is -0.354 e. The molecule has 2 N–H and O–H groups in total. The summed E-state index contributed by atoms with van der Waals surface area (Å²) in [7, 11) is 1.82. The predicted molar refractivity (Wildman–Crippen MR) is 121 cm³/mol. The van der Waals surface area contributed by atoms with Gasteiger partial charge in [0.1, 0.15) is 0 Å². The number of carbonyl (C=O) groups is 1. The zero-order valence-corrected chi connectivity index (χ0v) is 19.0. The fourth-order valence-electron chi connectivity index (χ4n) is 4.68. The smallest absolute Gasteiger partial charge is 0.225 e. The average molecular weight is 420 g/mol. The summed E-state index contributed by atoms with van der Waals surface area (Å²) in [6, 6.07) is 2.83. The van der Waals surface area contributed by atoms with Crippen LogP contribution in [0.4, 0.5) is 0 Å². The Kier molecular flexibility index (Phi) is 8.36. The Morgan fingerprint density at radius 1 is 1.31 bits per heavy atom. The SMILES string of the molecule is CCN(CC)C(CNC(=NC)NC1CCN(C(=O)C2CCCC2)C1)c1ccsc1. The van der Waals surface area contributed by atoms with E-state index in [0.29, 0.717) is 11.9 Å². The molecule has 1 amide bonds. The predicted octanol–water partition coefficient (Wildman–Crippen LogP) is 3.09. The van der Waals surface area contributed by atoms with Gasteiger partial charge in [0.2, 0.25) is 5.91 Å². The number of carbonyl (C=O) groups excluding carboxylic acids is 1. The Morgan fingerprint density at radius 2 is 2.07 bits per heavy atom. The molecule has 2 unspecified atom stereocenters. The summed E-state index contributed by atoms with van der Waals surface area (Å²) in [5, 5.41) is 11.5. The Morgan fingerprint density at radius 3 is 2.69 bits per heavy atom. The van der Waals surface area contributed by atoms with Crippen molar-refractivity contribution < 1.29 is 4.79 Å². The van der Waals surface area contributed by atoms with Crippen LogP contribution in [0.3, 0.4) is 0 Å². The van der Waals surface area contributed by atoms with Gasteiger partial charge in [0, 0.05) is 38.6 Å². The van der Waals surface area contributed by atoms with Crippen molar-refractivity contribution in [1.29, 1.82) is 0 Å². The van der Waals surface area contributed by atoms with E-state index >= 15 is 0 Å². The number of hydrogen-bond acceptors (Lipinski definition) is 4. The molecule has 1 aliphatic carbocycles. The van der Waals surface area contributed by atoms with Gasteiger partial charge < -0.3 is 15.5 Å². The first-order valence-corrected chi connectivity index (χ1v) is 12.1. The zero-order chi connectivity index (χ0) is 20.6. The fraction of sp³-hybridized carbons (Fsp3) is 0.727. The van der Waals surface area contributed by atoms with Gasteiger partial charge in [0.05, 0.1) is 6.04 Å². The summed E-state index contributed by atoms with van der Waals surface area (Å²) in [6.45, 7) is 8.93. The normalized spacial score (nSPS) is 21.7. The molecule has 7 heteroatoms. The van der Waals surface area contributed by atoms with E-state index in [-0.39, 0.29) is 12.0 Å². The van der Waals surface area contributed by atoms with Crippen LogP contribution in [0, 0.1) is 5.92 Å². The van der Waals surface area contributed by atoms with Gasteiger partial charge in [-0.1, -0.05) is 26.7 Å². The highest BCUT2D eigenvalue weighted by Crippen LogP contribution is 2.28. The first-order chi connectivity index (χ1) is 14.2. The second-order valence-corrected chi connectivity index (χ2v) is 8.92. The number of nitrogens with one attached hydrogen (secondary N) is 2. The van der Waals surface area contributed by atoms with Crippen LogP contribution in [-0.4, -0.2) is 67.5 Å². The topological polar surface area (TPSA) is 60.0 Å². The van der Waals surface area contributed by atoms with Gasteiger partial charge in [-0.2, -0.15) is 11.3 Å². The quantitative estimate of drug-likeness (QED) is 0.502. The summed E-state index contributed by atoms with van der Waals surface area (Å²) < 4.78 is 0. The first-order valence-electron chi connectivity index (χ1n) is 11.2. The number of nitrogens with zero attached hydrogens (tertiary/aromatic N) is 3. The van der Waals surface area contributed by atoms with Crippen molar-refractivity contribution in [3.8, 4) is 0 Å². The molecular weight excluding hydrogens is 382 g/mol. The lowest BCUT2D eigenvalue weighted by Gasteiger charge is -2.30. The Balaban J connectivity index is 1.51. The third kappa shape index (κ3) is 5.72. The summed E-state index contributed by atoms with van der Waals surface area (Å²) in [5.41, 5.74) is 1.36. The van der Waals surface area contributed by atoms with Gasteiger partial charge in [-0.05, 0) is 54.7 Å². The molecule has 1 saturated heterocycles. The molecule has 2 atom stereocenters. The van der Waals surface area contributed by atoms with Crippen LogP contribution in [0.2, 0.25) is 0 Å². The van der Waals surface area contributed by atoms with E-state index in [1.807, 2.05) is 7.05 Å². The summed E-state index contributed by atoms with van der Waals surface area (Å²) in [4.78, 5) is 21.7. The number of thiophene rings is 1. The fourth-order valence-corrected chi connectivity index (χ4v) is 5.38. The Hall–Kier alpha value is -1.60. The molecule has 0 radical (unpaired) electrons. The van der Waals surface area contributed by atoms with E-state index in [2.05, 4.69) is 56.1 Å². The maximum atomic E-state index is 12.7. The number of hydrogen-bond donors (Lipinski definition) is 2. The lowest BCUT2D eigenvalue weighted by Crippen LogP contribution is -2.47. The van der Waals surface area contributed by atoms with Crippen molar-refractivity contribution in [1.82, 2.24) is 20.4 Å². The highest BCUT2D eigenvalue weighted by atomic mass is 32.1. The van der Waals surface area contributed by atoms with E-state index in [9.17, 15) is 4.79 Å². The van der Waals surface area contributed by atoms with Gasteiger partial charge >= 0.3 is 0 Å². The highest BCUT2D eigenvalue weighted by molar-refractivity contribution is 7.07. The Bertz CT molecular complexity index is 652. The third-order valence-corrected chi connectivity index (χ3v) is 7.11. The van der Waals surface area contributed by atoms with Gasteiger partial charge in [0.15, 0.2) is 5.96 Å². The largest absolute Gasteiger partial charge is 0.354 e. The van der Waals surface area contributed by atoms with Crippen LogP contribution in [0.5, 0.6) is 0 Å². The number of likely N-dealkylation sites (N-methyl/N-ethyl adjacent to an activating group) is 1. The van der Waals surface area contributed by atoms with Gasteiger partial charge in [-0.25, -0.2) is 0 Å². The van der Waals surface area contributed by atoms with Crippen molar-refractivity contribution in [2.45, 2.75) is 58.0 Å². The lowest BCUT2D eigenvalue weighted by atomic mass is 10.1. The van der Waals surface area contributed by atoms with E-state index < -0.39 is 0 Å². The molecule has 1 saturated carbocycles. The lowest BCUT2D eigenvalue weighted by molar-refractivity contribution is -0.134. The molecule has 29 heavy (non-hydrogen) atoms. The van der Waals surface area contributed by atoms with Crippen molar-refractivity contribution >= 4 is 23.2 Å². The molecule has 0 spiro atoms. The van der Waals surface area contributed by atoms with E-state index in [1.54, 1.807) is 11.3 Å². The maximum Gasteiger partial charge on any atom is 0.225 e.